The molecule has 0 bridgehead atoms. The van der Waals surface area contributed by atoms with Gasteiger partial charge in [0.2, 0.25) is 5.91 Å². The second kappa shape index (κ2) is 7.35. The molecule has 0 fully saturated rings. The van der Waals surface area contributed by atoms with Crippen molar-refractivity contribution in [2.75, 3.05) is 4.90 Å². The Hall–Kier alpha value is -3.21. The fourth-order valence-corrected chi connectivity index (χ4v) is 2.95. The molecule has 1 atom stereocenters. The topological polar surface area (TPSA) is 66.5 Å². The van der Waals surface area contributed by atoms with Gasteiger partial charge in [0.1, 0.15) is 6.29 Å². The lowest BCUT2D eigenvalue weighted by Gasteiger charge is -2.26. The Bertz CT molecular complexity index is 902. The summed E-state index contributed by atoms with van der Waals surface area (Å²) >= 11 is 0. The highest BCUT2D eigenvalue weighted by Gasteiger charge is 2.19. The minimum Gasteiger partial charge on any atom is -0.343 e. The summed E-state index contributed by atoms with van der Waals surface area (Å²) < 4.78 is 0. The first-order valence-electron chi connectivity index (χ1n) is 8.44. The molecular weight excluding hydrogens is 328 g/mol. The van der Waals surface area contributed by atoms with E-state index in [1.54, 1.807) is 30.9 Å². The molecule has 0 saturated carbocycles. The molecule has 1 N–H and O–H groups in total. The smallest absolute Gasteiger partial charge is 0.251 e. The second-order valence-corrected chi connectivity index (χ2v) is 6.31. The van der Waals surface area contributed by atoms with Gasteiger partial charge in [-0.15, -0.1) is 0 Å². The zero-order valence-corrected chi connectivity index (χ0v) is 14.7. The molecule has 0 spiro atoms. The standard InChI is InChI=1S/C21H20N2O3/c1-14(13-24)22-21(26)18-9-10-19-12-23(15(2)25)20-6-4-3-5-16(20)7-8-17(19)11-18/h3-11,13-14H,12H2,1-2H3,(H,22,26)/b8-7-. The minimum absolute atomic E-state index is 0.0414. The van der Waals surface area contributed by atoms with Gasteiger partial charge in [-0.1, -0.05) is 36.4 Å². The van der Waals surface area contributed by atoms with Crippen molar-refractivity contribution in [2.45, 2.75) is 26.4 Å². The van der Waals surface area contributed by atoms with Gasteiger partial charge in [0.05, 0.1) is 18.3 Å². The number of nitrogens with zero attached hydrogens (tertiary/aromatic N) is 1. The first-order valence-corrected chi connectivity index (χ1v) is 8.44. The Kier molecular flexibility index (Phi) is 4.98. The van der Waals surface area contributed by atoms with Crippen molar-refractivity contribution < 1.29 is 14.4 Å². The van der Waals surface area contributed by atoms with Gasteiger partial charge >= 0.3 is 0 Å². The monoisotopic (exact) mass is 348 g/mol. The van der Waals surface area contributed by atoms with Crippen LogP contribution < -0.4 is 10.2 Å². The van der Waals surface area contributed by atoms with Gasteiger partial charge in [-0.2, -0.15) is 0 Å². The maximum absolute atomic E-state index is 12.3. The summed E-state index contributed by atoms with van der Waals surface area (Å²) in [6.07, 6.45) is 4.58. The maximum atomic E-state index is 12.3. The second-order valence-electron chi connectivity index (χ2n) is 6.31. The van der Waals surface area contributed by atoms with Crippen LogP contribution in [0.25, 0.3) is 12.2 Å². The predicted molar refractivity (Wildman–Crippen MR) is 102 cm³/mol. The Morgan fingerprint density at radius 1 is 1.12 bits per heavy atom. The number of aldehydes is 1. The van der Waals surface area contributed by atoms with Crippen LogP contribution in [0.3, 0.4) is 0 Å². The van der Waals surface area contributed by atoms with Crippen LogP contribution in [0.4, 0.5) is 5.69 Å². The van der Waals surface area contributed by atoms with Gasteiger partial charge in [0.25, 0.3) is 5.91 Å². The number of carbonyl (C=O) groups is 3. The van der Waals surface area contributed by atoms with E-state index in [4.69, 9.17) is 0 Å². The van der Waals surface area contributed by atoms with E-state index in [9.17, 15) is 14.4 Å². The Morgan fingerprint density at radius 2 is 1.85 bits per heavy atom. The molecule has 3 rings (SSSR count). The minimum atomic E-state index is -0.542. The van der Waals surface area contributed by atoms with E-state index in [1.165, 1.54) is 0 Å². The van der Waals surface area contributed by atoms with Gasteiger partial charge in [0, 0.05) is 12.5 Å². The van der Waals surface area contributed by atoms with Crippen LogP contribution >= 0.6 is 0 Å². The average molecular weight is 348 g/mol. The van der Waals surface area contributed by atoms with Crippen molar-refractivity contribution in [3.05, 3.63) is 64.7 Å². The van der Waals surface area contributed by atoms with Gasteiger partial charge in [-0.05, 0) is 41.8 Å². The molecule has 0 aromatic heterocycles. The Balaban J connectivity index is 2.01. The number of benzene rings is 2. The first-order chi connectivity index (χ1) is 12.5. The van der Waals surface area contributed by atoms with Gasteiger partial charge in [-0.25, -0.2) is 0 Å². The number of hydrogen-bond donors (Lipinski definition) is 1. The summed E-state index contributed by atoms with van der Waals surface area (Å²) in [6.45, 7) is 3.60. The number of para-hydroxylation sites is 1. The summed E-state index contributed by atoms with van der Waals surface area (Å²) in [4.78, 5) is 36.9. The molecule has 0 radical (unpaired) electrons. The number of hydrogen-bond acceptors (Lipinski definition) is 3. The maximum Gasteiger partial charge on any atom is 0.251 e. The quantitative estimate of drug-likeness (QED) is 0.867. The lowest BCUT2D eigenvalue weighted by Crippen LogP contribution is -2.33. The van der Waals surface area contributed by atoms with Crippen LogP contribution in [0.5, 0.6) is 0 Å². The molecule has 1 aliphatic rings. The van der Waals surface area contributed by atoms with E-state index < -0.39 is 6.04 Å². The highest BCUT2D eigenvalue weighted by molar-refractivity contribution is 5.98. The van der Waals surface area contributed by atoms with Crippen LogP contribution in [-0.4, -0.2) is 24.1 Å². The van der Waals surface area contributed by atoms with Crippen LogP contribution in [0, 0.1) is 0 Å². The molecule has 1 aliphatic heterocycles. The van der Waals surface area contributed by atoms with Crippen molar-refractivity contribution in [3.63, 3.8) is 0 Å². The lowest BCUT2D eigenvalue weighted by atomic mass is 9.98. The molecule has 0 saturated heterocycles. The summed E-state index contributed by atoms with van der Waals surface area (Å²) in [5.41, 5.74) is 4.11. The largest absolute Gasteiger partial charge is 0.343 e. The fourth-order valence-electron chi connectivity index (χ4n) is 2.95. The number of anilines is 1. The van der Waals surface area contributed by atoms with E-state index >= 15 is 0 Å². The van der Waals surface area contributed by atoms with Crippen LogP contribution in [0.2, 0.25) is 0 Å². The van der Waals surface area contributed by atoms with E-state index in [-0.39, 0.29) is 11.8 Å². The number of fused-ring (bicyclic) bond motifs is 2. The molecule has 5 heteroatoms. The molecule has 5 nitrogen and oxygen atoms in total. The van der Waals surface area contributed by atoms with E-state index in [0.29, 0.717) is 18.4 Å². The lowest BCUT2D eigenvalue weighted by molar-refractivity contribution is -0.116. The molecule has 2 aromatic rings. The predicted octanol–water partition coefficient (Wildman–Crippen LogP) is 3.04. The third-order valence-electron chi connectivity index (χ3n) is 4.35. The van der Waals surface area contributed by atoms with Crippen molar-refractivity contribution >= 4 is 35.9 Å². The average Bonchev–Trinajstić information content (AvgIpc) is 2.62. The molecule has 2 amide bonds. The van der Waals surface area contributed by atoms with Crippen molar-refractivity contribution in [1.82, 2.24) is 5.32 Å². The third-order valence-corrected chi connectivity index (χ3v) is 4.35. The van der Waals surface area contributed by atoms with Gasteiger partial charge < -0.3 is 15.0 Å². The number of rotatable bonds is 3. The van der Waals surface area contributed by atoms with Crippen LogP contribution in [0.1, 0.15) is 40.9 Å². The van der Waals surface area contributed by atoms with E-state index in [0.717, 1.165) is 22.4 Å². The van der Waals surface area contributed by atoms with Crippen LogP contribution in [-0.2, 0) is 16.1 Å². The molecular formula is C21H20N2O3. The normalized spacial score (nSPS) is 14.9. The Labute approximate surface area is 152 Å². The molecule has 132 valence electrons. The summed E-state index contributed by atoms with van der Waals surface area (Å²) in [7, 11) is 0. The summed E-state index contributed by atoms with van der Waals surface area (Å²) in [5.74, 6) is -0.341. The van der Waals surface area contributed by atoms with E-state index in [2.05, 4.69) is 5.32 Å². The van der Waals surface area contributed by atoms with Crippen molar-refractivity contribution in [1.29, 1.82) is 0 Å². The molecule has 1 heterocycles. The number of amides is 2. The first kappa shape index (κ1) is 17.6. The van der Waals surface area contributed by atoms with Crippen molar-refractivity contribution in [3.8, 4) is 0 Å². The third kappa shape index (κ3) is 3.57. The molecule has 2 aromatic carbocycles. The van der Waals surface area contributed by atoms with Crippen LogP contribution in [0.15, 0.2) is 42.5 Å². The van der Waals surface area contributed by atoms with Gasteiger partial charge in [-0.3, -0.25) is 9.59 Å². The molecule has 1 unspecified atom stereocenters. The SMILES string of the molecule is CC(=O)N1Cc2ccc(C(=O)NC(C)C=O)cc2/C=C\c2ccccc21. The summed E-state index contributed by atoms with van der Waals surface area (Å²) in [5, 5.41) is 2.63. The number of nitrogens with one attached hydrogen (secondary N) is 1. The zero-order valence-electron chi connectivity index (χ0n) is 14.7. The number of carbonyl (C=O) groups excluding carboxylic acids is 3. The summed E-state index contributed by atoms with van der Waals surface area (Å²) in [6, 6.07) is 12.5. The molecule has 0 aliphatic carbocycles. The van der Waals surface area contributed by atoms with E-state index in [1.807, 2.05) is 42.5 Å². The molecule has 26 heavy (non-hydrogen) atoms. The fraction of sp³-hybridized carbons (Fsp3) is 0.190. The highest BCUT2D eigenvalue weighted by atomic mass is 16.2. The zero-order chi connectivity index (χ0) is 18.7. The Morgan fingerprint density at radius 3 is 2.58 bits per heavy atom. The van der Waals surface area contributed by atoms with Gasteiger partial charge in [0.15, 0.2) is 0 Å². The highest BCUT2D eigenvalue weighted by Crippen LogP contribution is 2.29. The van der Waals surface area contributed by atoms with Crippen molar-refractivity contribution in [2.24, 2.45) is 0 Å².